The van der Waals surface area contributed by atoms with Gasteiger partial charge in [-0.15, -0.1) is 0 Å². The summed E-state index contributed by atoms with van der Waals surface area (Å²) in [6.45, 7) is 0.319. The van der Waals surface area contributed by atoms with Gasteiger partial charge in [0.15, 0.2) is 5.82 Å². The zero-order chi connectivity index (χ0) is 17.5. The molecule has 0 bridgehead atoms. The molecule has 0 aliphatic heterocycles. The first-order chi connectivity index (χ1) is 12.3. The van der Waals surface area contributed by atoms with E-state index in [1.165, 1.54) is 12.4 Å². The second-order valence-corrected chi connectivity index (χ2v) is 5.11. The fourth-order valence-corrected chi connectivity index (χ4v) is 2.17. The molecule has 7 nitrogen and oxygen atoms in total. The van der Waals surface area contributed by atoms with Gasteiger partial charge in [-0.05, 0) is 29.8 Å². The van der Waals surface area contributed by atoms with Crippen LogP contribution in [-0.2, 0) is 11.3 Å². The molecule has 3 aromatic rings. The van der Waals surface area contributed by atoms with Crippen molar-refractivity contribution in [2.45, 2.75) is 6.54 Å². The molecule has 1 amide bonds. The predicted octanol–water partition coefficient (Wildman–Crippen LogP) is 1.86. The zero-order valence-electron chi connectivity index (χ0n) is 13.2. The average Bonchev–Trinajstić information content (AvgIpc) is 3.20. The minimum Gasteiger partial charge on any atom is -0.348 e. The number of amides is 1. The minimum atomic E-state index is -0.224. The SMILES string of the molecule is N#Cc1ccc(/C=C/C(=O)NCc2cccnc2-n2cncn2)cc1. The van der Waals surface area contributed by atoms with Gasteiger partial charge in [-0.1, -0.05) is 18.2 Å². The fraction of sp³-hybridized carbons (Fsp3) is 0.0556. The predicted molar refractivity (Wildman–Crippen MR) is 91.2 cm³/mol. The highest BCUT2D eigenvalue weighted by Crippen LogP contribution is 2.09. The van der Waals surface area contributed by atoms with E-state index in [1.54, 1.807) is 53.6 Å². The van der Waals surface area contributed by atoms with Crippen molar-refractivity contribution < 1.29 is 4.79 Å². The van der Waals surface area contributed by atoms with Gasteiger partial charge in [0.1, 0.15) is 12.7 Å². The van der Waals surface area contributed by atoms with Crippen molar-refractivity contribution in [3.05, 3.63) is 78.0 Å². The number of carbonyl (C=O) groups excluding carboxylic acids is 1. The molecule has 0 aliphatic rings. The summed E-state index contributed by atoms with van der Waals surface area (Å²) in [6, 6.07) is 12.7. The van der Waals surface area contributed by atoms with Gasteiger partial charge in [0, 0.05) is 24.4 Å². The van der Waals surface area contributed by atoms with Gasteiger partial charge < -0.3 is 5.32 Å². The number of aromatic nitrogens is 4. The Morgan fingerprint density at radius 1 is 1.28 bits per heavy atom. The van der Waals surface area contributed by atoms with Gasteiger partial charge >= 0.3 is 0 Å². The highest BCUT2D eigenvalue weighted by molar-refractivity contribution is 5.91. The van der Waals surface area contributed by atoms with E-state index in [1.807, 2.05) is 6.07 Å². The Kier molecular flexibility index (Phi) is 4.93. The number of nitriles is 1. The minimum absolute atomic E-state index is 0.224. The molecule has 3 rings (SSSR count). The molecule has 0 radical (unpaired) electrons. The lowest BCUT2D eigenvalue weighted by molar-refractivity contribution is -0.116. The number of rotatable bonds is 5. The van der Waals surface area contributed by atoms with Crippen LogP contribution in [0.2, 0.25) is 0 Å². The largest absolute Gasteiger partial charge is 0.348 e. The average molecular weight is 330 g/mol. The standard InChI is InChI=1S/C18H14N6O/c19-10-15-5-3-14(4-6-15)7-8-17(25)22-11-16-2-1-9-21-18(16)24-13-20-12-23-24/h1-9,12-13H,11H2,(H,22,25)/b8-7+. The first-order valence-electron chi connectivity index (χ1n) is 7.51. The van der Waals surface area contributed by atoms with Crippen LogP contribution < -0.4 is 5.32 Å². The van der Waals surface area contributed by atoms with Crippen molar-refractivity contribution in [3.63, 3.8) is 0 Å². The molecule has 7 heteroatoms. The monoisotopic (exact) mass is 330 g/mol. The lowest BCUT2D eigenvalue weighted by Gasteiger charge is -2.08. The summed E-state index contributed by atoms with van der Waals surface area (Å²) >= 11 is 0. The summed E-state index contributed by atoms with van der Waals surface area (Å²) in [6.07, 6.45) is 7.79. The van der Waals surface area contributed by atoms with Crippen LogP contribution in [0.1, 0.15) is 16.7 Å². The molecule has 0 saturated carbocycles. The van der Waals surface area contributed by atoms with Crippen molar-refractivity contribution in [1.29, 1.82) is 5.26 Å². The molecule has 0 unspecified atom stereocenters. The summed E-state index contributed by atoms with van der Waals surface area (Å²) < 4.78 is 1.55. The van der Waals surface area contributed by atoms with Crippen molar-refractivity contribution in [3.8, 4) is 11.9 Å². The van der Waals surface area contributed by atoms with Gasteiger partial charge in [-0.25, -0.2) is 14.6 Å². The number of pyridine rings is 1. The van der Waals surface area contributed by atoms with Crippen molar-refractivity contribution >= 4 is 12.0 Å². The van der Waals surface area contributed by atoms with Crippen LogP contribution >= 0.6 is 0 Å². The highest BCUT2D eigenvalue weighted by Gasteiger charge is 2.07. The Morgan fingerprint density at radius 3 is 2.84 bits per heavy atom. The van der Waals surface area contributed by atoms with Crippen molar-refractivity contribution in [2.75, 3.05) is 0 Å². The van der Waals surface area contributed by atoms with Crippen LogP contribution in [0.4, 0.5) is 0 Å². The van der Waals surface area contributed by atoms with E-state index in [0.29, 0.717) is 17.9 Å². The molecular formula is C18H14N6O. The molecule has 0 aliphatic carbocycles. The smallest absolute Gasteiger partial charge is 0.244 e. The van der Waals surface area contributed by atoms with Crippen LogP contribution in [0.25, 0.3) is 11.9 Å². The molecule has 2 heterocycles. The molecule has 0 spiro atoms. The third-order valence-corrected chi connectivity index (χ3v) is 3.42. The number of nitrogens with zero attached hydrogens (tertiary/aromatic N) is 5. The molecule has 0 atom stereocenters. The first kappa shape index (κ1) is 16.1. The maximum absolute atomic E-state index is 12.0. The van der Waals surface area contributed by atoms with Crippen LogP contribution in [0.15, 0.2) is 61.3 Å². The van der Waals surface area contributed by atoms with E-state index < -0.39 is 0 Å². The van der Waals surface area contributed by atoms with Gasteiger partial charge in [-0.3, -0.25) is 4.79 Å². The Hall–Kier alpha value is -3.79. The summed E-state index contributed by atoms with van der Waals surface area (Å²) in [7, 11) is 0. The first-order valence-corrected chi connectivity index (χ1v) is 7.51. The summed E-state index contributed by atoms with van der Waals surface area (Å²) in [5.41, 5.74) is 2.26. The van der Waals surface area contributed by atoms with E-state index in [-0.39, 0.29) is 5.91 Å². The van der Waals surface area contributed by atoms with Crippen LogP contribution in [0.3, 0.4) is 0 Å². The van der Waals surface area contributed by atoms with E-state index in [9.17, 15) is 4.79 Å². The van der Waals surface area contributed by atoms with Gasteiger partial charge in [0.25, 0.3) is 0 Å². The van der Waals surface area contributed by atoms with E-state index >= 15 is 0 Å². The Bertz CT molecular complexity index is 923. The molecule has 0 saturated heterocycles. The van der Waals surface area contributed by atoms with Crippen LogP contribution in [0, 0.1) is 11.3 Å². The molecule has 122 valence electrons. The Morgan fingerprint density at radius 2 is 2.12 bits per heavy atom. The lowest BCUT2D eigenvalue weighted by Crippen LogP contribution is -2.21. The molecule has 1 aromatic carbocycles. The van der Waals surface area contributed by atoms with Crippen molar-refractivity contribution in [1.82, 2.24) is 25.1 Å². The molecular weight excluding hydrogens is 316 g/mol. The molecule has 1 N–H and O–H groups in total. The van der Waals surface area contributed by atoms with Gasteiger partial charge in [0.2, 0.25) is 5.91 Å². The number of benzene rings is 1. The third kappa shape index (κ3) is 4.14. The molecule has 2 aromatic heterocycles. The topological polar surface area (TPSA) is 96.5 Å². The Labute approximate surface area is 144 Å². The molecule has 0 fully saturated rings. The maximum atomic E-state index is 12.0. The summed E-state index contributed by atoms with van der Waals surface area (Å²) in [5, 5.41) is 15.6. The zero-order valence-corrected chi connectivity index (χ0v) is 13.2. The quantitative estimate of drug-likeness (QED) is 0.720. The number of hydrogen-bond donors (Lipinski definition) is 1. The fourth-order valence-electron chi connectivity index (χ4n) is 2.17. The lowest BCUT2D eigenvalue weighted by atomic mass is 10.1. The van der Waals surface area contributed by atoms with E-state index in [4.69, 9.17) is 5.26 Å². The Balaban J connectivity index is 1.63. The van der Waals surface area contributed by atoms with E-state index in [0.717, 1.165) is 11.1 Å². The van der Waals surface area contributed by atoms with E-state index in [2.05, 4.69) is 26.5 Å². The number of hydrogen-bond acceptors (Lipinski definition) is 5. The number of carbonyl (C=O) groups is 1. The normalized spacial score (nSPS) is 10.5. The van der Waals surface area contributed by atoms with Crippen LogP contribution in [-0.4, -0.2) is 25.7 Å². The number of nitrogens with one attached hydrogen (secondary N) is 1. The highest BCUT2D eigenvalue weighted by atomic mass is 16.1. The summed E-state index contributed by atoms with van der Waals surface area (Å²) in [5.74, 6) is 0.397. The summed E-state index contributed by atoms with van der Waals surface area (Å²) in [4.78, 5) is 20.2. The second-order valence-electron chi connectivity index (χ2n) is 5.11. The molecule has 25 heavy (non-hydrogen) atoms. The van der Waals surface area contributed by atoms with Crippen LogP contribution in [0.5, 0.6) is 0 Å². The third-order valence-electron chi connectivity index (χ3n) is 3.42. The maximum Gasteiger partial charge on any atom is 0.244 e. The second kappa shape index (κ2) is 7.66. The van der Waals surface area contributed by atoms with Crippen molar-refractivity contribution in [2.24, 2.45) is 0 Å². The van der Waals surface area contributed by atoms with Gasteiger partial charge in [-0.2, -0.15) is 10.4 Å². The van der Waals surface area contributed by atoms with Gasteiger partial charge in [0.05, 0.1) is 11.6 Å².